The highest BCUT2D eigenvalue weighted by molar-refractivity contribution is 6.05. The molecule has 9 nitrogen and oxygen atoms in total. The molecule has 124 valence electrons. The third kappa shape index (κ3) is 3.70. The van der Waals surface area contributed by atoms with Crippen LogP contribution in [0.3, 0.4) is 0 Å². The molecule has 2 aromatic carbocycles. The van der Waals surface area contributed by atoms with E-state index in [1.807, 2.05) is 0 Å². The summed E-state index contributed by atoms with van der Waals surface area (Å²) in [6.07, 6.45) is -0.897. The topological polar surface area (TPSA) is 136 Å². The molecular formula is C15H13N3O6. The van der Waals surface area contributed by atoms with E-state index in [9.17, 15) is 30.1 Å². The van der Waals surface area contributed by atoms with Crippen LogP contribution in [0.5, 0.6) is 0 Å². The van der Waals surface area contributed by atoms with Crippen molar-refractivity contribution in [2.45, 2.75) is 13.0 Å². The molecule has 0 heterocycles. The lowest BCUT2D eigenvalue weighted by Crippen LogP contribution is -2.15. The number of rotatable bonds is 5. The zero-order valence-corrected chi connectivity index (χ0v) is 12.5. The number of benzene rings is 2. The van der Waals surface area contributed by atoms with Crippen LogP contribution >= 0.6 is 0 Å². The first-order chi connectivity index (χ1) is 11.3. The van der Waals surface area contributed by atoms with Gasteiger partial charge in [0.15, 0.2) is 0 Å². The first-order valence-electron chi connectivity index (χ1n) is 6.82. The van der Waals surface area contributed by atoms with Crippen molar-refractivity contribution in [2.24, 2.45) is 0 Å². The fourth-order valence-electron chi connectivity index (χ4n) is 2.14. The third-order valence-electron chi connectivity index (χ3n) is 3.24. The maximum atomic E-state index is 12.3. The van der Waals surface area contributed by atoms with Gasteiger partial charge in [-0.15, -0.1) is 0 Å². The third-order valence-corrected chi connectivity index (χ3v) is 3.24. The molecule has 1 amide bonds. The minimum atomic E-state index is -0.897. The van der Waals surface area contributed by atoms with Crippen LogP contribution in [-0.2, 0) is 0 Å². The molecule has 0 spiro atoms. The first-order valence-corrected chi connectivity index (χ1v) is 6.82. The van der Waals surface area contributed by atoms with E-state index in [1.165, 1.54) is 13.0 Å². The van der Waals surface area contributed by atoms with Crippen molar-refractivity contribution in [1.82, 2.24) is 0 Å². The second-order valence-electron chi connectivity index (χ2n) is 4.97. The molecule has 2 rings (SSSR count). The Balaban J connectivity index is 2.39. The van der Waals surface area contributed by atoms with E-state index >= 15 is 0 Å². The fraction of sp³-hybridized carbons (Fsp3) is 0.133. The van der Waals surface area contributed by atoms with Crippen LogP contribution in [0.15, 0.2) is 42.5 Å². The normalized spacial score (nSPS) is 11.6. The summed E-state index contributed by atoms with van der Waals surface area (Å²) in [5, 5.41) is 33.8. The Bertz CT molecular complexity index is 786. The Morgan fingerprint density at radius 3 is 2.12 bits per heavy atom. The number of amides is 1. The standard InChI is InChI=1S/C15H13N3O6/c1-9(19)13-4-2-3-5-14(13)15(20)16-10-6-11(17(21)22)8-12(7-10)18(23)24/h2-9,19H,1H3,(H,16,20). The summed E-state index contributed by atoms with van der Waals surface area (Å²) in [5.74, 6) is -0.638. The number of carbonyl (C=O) groups excluding carboxylic acids is 1. The molecular weight excluding hydrogens is 318 g/mol. The fourth-order valence-corrected chi connectivity index (χ4v) is 2.14. The number of aliphatic hydroxyl groups is 1. The molecule has 0 aliphatic heterocycles. The number of nitro groups is 2. The van der Waals surface area contributed by atoms with Gasteiger partial charge in [-0.05, 0) is 18.6 Å². The molecule has 0 saturated carbocycles. The average molecular weight is 331 g/mol. The lowest BCUT2D eigenvalue weighted by Gasteiger charge is -2.12. The molecule has 0 bridgehead atoms. The summed E-state index contributed by atoms with van der Waals surface area (Å²) in [7, 11) is 0. The van der Waals surface area contributed by atoms with Crippen molar-refractivity contribution < 1.29 is 19.7 Å². The summed E-state index contributed by atoms with van der Waals surface area (Å²) >= 11 is 0. The molecule has 0 aromatic heterocycles. The molecule has 0 radical (unpaired) electrons. The van der Waals surface area contributed by atoms with Crippen molar-refractivity contribution in [3.8, 4) is 0 Å². The van der Waals surface area contributed by atoms with Crippen molar-refractivity contribution in [3.05, 3.63) is 73.8 Å². The van der Waals surface area contributed by atoms with Gasteiger partial charge in [0.25, 0.3) is 17.3 Å². The van der Waals surface area contributed by atoms with Crippen LogP contribution in [0.2, 0.25) is 0 Å². The van der Waals surface area contributed by atoms with Crippen molar-refractivity contribution in [2.75, 3.05) is 5.32 Å². The second-order valence-corrected chi connectivity index (χ2v) is 4.97. The van der Waals surface area contributed by atoms with E-state index in [-0.39, 0.29) is 11.3 Å². The quantitative estimate of drug-likeness (QED) is 0.638. The molecule has 1 atom stereocenters. The summed E-state index contributed by atoms with van der Waals surface area (Å²) in [4.78, 5) is 32.5. The van der Waals surface area contributed by atoms with E-state index in [1.54, 1.807) is 18.2 Å². The van der Waals surface area contributed by atoms with Gasteiger partial charge in [-0.1, -0.05) is 18.2 Å². The summed E-state index contributed by atoms with van der Waals surface area (Å²) in [5.41, 5.74) is -0.565. The number of hydrogen-bond acceptors (Lipinski definition) is 6. The summed E-state index contributed by atoms with van der Waals surface area (Å²) in [6, 6.07) is 9.14. The predicted molar refractivity (Wildman–Crippen MR) is 84.8 cm³/mol. The Kier molecular flexibility index (Phi) is 4.85. The van der Waals surface area contributed by atoms with Gasteiger partial charge in [0.05, 0.1) is 27.7 Å². The molecule has 0 aliphatic rings. The maximum absolute atomic E-state index is 12.3. The molecule has 9 heteroatoms. The van der Waals surface area contributed by atoms with Crippen LogP contribution < -0.4 is 5.32 Å². The van der Waals surface area contributed by atoms with E-state index < -0.39 is 33.2 Å². The monoisotopic (exact) mass is 331 g/mol. The van der Waals surface area contributed by atoms with Crippen LogP contribution in [0, 0.1) is 20.2 Å². The van der Waals surface area contributed by atoms with Crippen molar-refractivity contribution in [3.63, 3.8) is 0 Å². The second kappa shape index (κ2) is 6.84. The number of nitrogens with one attached hydrogen (secondary N) is 1. The Labute approximate surface area is 135 Å². The number of carbonyl (C=O) groups is 1. The van der Waals surface area contributed by atoms with Crippen molar-refractivity contribution in [1.29, 1.82) is 0 Å². The van der Waals surface area contributed by atoms with Gasteiger partial charge in [-0.3, -0.25) is 25.0 Å². The molecule has 0 saturated heterocycles. The highest BCUT2D eigenvalue weighted by Gasteiger charge is 2.19. The first kappa shape index (κ1) is 17.0. The minimum Gasteiger partial charge on any atom is -0.389 e. The Morgan fingerprint density at radius 1 is 1.08 bits per heavy atom. The Hall–Kier alpha value is -3.33. The summed E-state index contributed by atoms with van der Waals surface area (Å²) < 4.78 is 0. The van der Waals surface area contributed by atoms with Gasteiger partial charge in [-0.2, -0.15) is 0 Å². The smallest absolute Gasteiger partial charge is 0.278 e. The number of aliphatic hydroxyl groups excluding tert-OH is 1. The van der Waals surface area contributed by atoms with Gasteiger partial charge in [0.2, 0.25) is 0 Å². The van der Waals surface area contributed by atoms with Gasteiger partial charge in [-0.25, -0.2) is 0 Å². The number of nitrogens with zero attached hydrogens (tertiary/aromatic N) is 2. The lowest BCUT2D eigenvalue weighted by molar-refractivity contribution is -0.394. The van der Waals surface area contributed by atoms with E-state index in [4.69, 9.17) is 0 Å². The van der Waals surface area contributed by atoms with Crippen LogP contribution in [0.25, 0.3) is 0 Å². The number of non-ortho nitro benzene ring substituents is 2. The number of hydrogen-bond donors (Lipinski definition) is 2. The van der Waals surface area contributed by atoms with E-state index in [0.717, 1.165) is 18.2 Å². The molecule has 2 aromatic rings. The zero-order valence-electron chi connectivity index (χ0n) is 12.5. The van der Waals surface area contributed by atoms with Gasteiger partial charge in [0, 0.05) is 17.7 Å². The van der Waals surface area contributed by atoms with Gasteiger partial charge >= 0.3 is 0 Å². The maximum Gasteiger partial charge on any atom is 0.278 e. The number of anilines is 1. The van der Waals surface area contributed by atoms with E-state index in [2.05, 4.69) is 5.32 Å². The van der Waals surface area contributed by atoms with Crippen LogP contribution in [0.4, 0.5) is 17.1 Å². The number of nitro benzene ring substituents is 2. The molecule has 0 aliphatic carbocycles. The largest absolute Gasteiger partial charge is 0.389 e. The zero-order chi connectivity index (χ0) is 17.9. The van der Waals surface area contributed by atoms with Gasteiger partial charge < -0.3 is 10.4 Å². The molecule has 0 fully saturated rings. The van der Waals surface area contributed by atoms with Crippen LogP contribution in [0.1, 0.15) is 28.9 Å². The predicted octanol–water partition coefficient (Wildman–Crippen LogP) is 2.81. The van der Waals surface area contributed by atoms with Crippen molar-refractivity contribution >= 4 is 23.0 Å². The van der Waals surface area contributed by atoms with Crippen LogP contribution in [-0.4, -0.2) is 20.9 Å². The van der Waals surface area contributed by atoms with Gasteiger partial charge in [0.1, 0.15) is 0 Å². The average Bonchev–Trinajstić information content (AvgIpc) is 2.54. The molecule has 2 N–H and O–H groups in total. The highest BCUT2D eigenvalue weighted by Crippen LogP contribution is 2.27. The highest BCUT2D eigenvalue weighted by atomic mass is 16.6. The molecule has 24 heavy (non-hydrogen) atoms. The van der Waals surface area contributed by atoms with E-state index in [0.29, 0.717) is 5.56 Å². The lowest BCUT2D eigenvalue weighted by atomic mass is 10.0. The minimum absolute atomic E-state index is 0.0821. The molecule has 1 unspecified atom stereocenters. The Morgan fingerprint density at radius 2 is 1.62 bits per heavy atom. The SMILES string of the molecule is CC(O)c1ccccc1C(=O)Nc1cc([N+](=O)[O-])cc([N+](=O)[O-])c1. The summed E-state index contributed by atoms with van der Waals surface area (Å²) in [6.45, 7) is 1.49.